The first kappa shape index (κ1) is 14.4. The third-order valence-electron chi connectivity index (χ3n) is 2.85. The van der Waals surface area contributed by atoms with Crippen molar-refractivity contribution < 1.29 is 8.42 Å². The van der Waals surface area contributed by atoms with Crippen molar-refractivity contribution in [3.8, 4) is 0 Å². The van der Waals surface area contributed by atoms with Gasteiger partial charge in [0.25, 0.3) is 0 Å². The molecular weight excluding hydrogens is 236 g/mol. The van der Waals surface area contributed by atoms with Gasteiger partial charge < -0.3 is 0 Å². The van der Waals surface area contributed by atoms with Crippen LogP contribution in [0, 0.1) is 0 Å². The summed E-state index contributed by atoms with van der Waals surface area (Å²) in [5.74, 6) is 0. The number of nitrogens with zero attached hydrogens (tertiary/aromatic N) is 1. The van der Waals surface area contributed by atoms with Gasteiger partial charge in [0.05, 0.1) is 4.75 Å². The van der Waals surface area contributed by atoms with Crippen LogP contribution in [0.2, 0.25) is 0 Å². The van der Waals surface area contributed by atoms with Crippen molar-refractivity contribution in [3.63, 3.8) is 0 Å². The first-order chi connectivity index (χ1) is 7.67. The highest BCUT2D eigenvalue weighted by molar-refractivity contribution is 7.90. The van der Waals surface area contributed by atoms with Gasteiger partial charge in [-0.2, -0.15) is 0 Å². The topological polar surface area (TPSA) is 49.2 Å². The molecule has 0 bridgehead atoms. The summed E-state index contributed by atoms with van der Waals surface area (Å²) in [7, 11) is -3.28. The molecule has 1 heterocycles. The van der Waals surface area contributed by atoms with E-state index in [-0.39, 0.29) is 0 Å². The third kappa shape index (κ3) is 3.94. The van der Waals surface area contributed by atoms with Crippen molar-refractivity contribution in [1.82, 2.24) is 9.84 Å². The zero-order chi connectivity index (χ0) is 13.3. The molecule has 1 fully saturated rings. The van der Waals surface area contributed by atoms with Gasteiger partial charge in [0.2, 0.25) is 10.0 Å². The summed E-state index contributed by atoms with van der Waals surface area (Å²) in [6.45, 7) is 13.3. The molecule has 0 spiro atoms. The van der Waals surface area contributed by atoms with E-state index in [1.807, 2.05) is 0 Å². The van der Waals surface area contributed by atoms with E-state index < -0.39 is 14.8 Å². The van der Waals surface area contributed by atoms with Gasteiger partial charge in [-0.25, -0.2) is 13.4 Å². The Morgan fingerprint density at radius 3 is 2.59 bits per heavy atom. The minimum absolute atomic E-state index is 0.295. The Hall–Kier alpha value is -0.650. The van der Waals surface area contributed by atoms with E-state index in [2.05, 4.69) is 18.0 Å². The second kappa shape index (κ2) is 4.92. The molecule has 1 aliphatic heterocycles. The predicted octanol–water partition coefficient (Wildman–Crippen LogP) is 1.83. The Morgan fingerprint density at radius 2 is 2.12 bits per heavy atom. The summed E-state index contributed by atoms with van der Waals surface area (Å²) in [5, 5.41) is 1.76. The average molecular weight is 258 g/mol. The molecule has 98 valence electrons. The molecule has 0 radical (unpaired) electrons. The van der Waals surface area contributed by atoms with Gasteiger partial charge >= 0.3 is 0 Å². The second-order valence-corrected chi connectivity index (χ2v) is 7.83. The molecule has 2 atom stereocenters. The smallest absolute Gasteiger partial charge is 0.225 e. The number of hydrogen-bond donors (Lipinski definition) is 1. The van der Waals surface area contributed by atoms with Crippen LogP contribution < -0.4 is 4.83 Å². The lowest BCUT2D eigenvalue weighted by Gasteiger charge is -2.20. The van der Waals surface area contributed by atoms with Gasteiger partial charge in [0.1, 0.15) is 0 Å². The number of allylic oxidation sites excluding steroid dienone is 2. The lowest BCUT2D eigenvalue weighted by atomic mass is 10.1. The van der Waals surface area contributed by atoms with Crippen LogP contribution in [0.4, 0.5) is 0 Å². The van der Waals surface area contributed by atoms with E-state index in [0.717, 1.165) is 25.0 Å². The zero-order valence-electron chi connectivity index (χ0n) is 10.9. The van der Waals surface area contributed by atoms with Gasteiger partial charge in [-0.1, -0.05) is 24.8 Å². The fourth-order valence-corrected chi connectivity index (χ4v) is 2.09. The minimum Gasteiger partial charge on any atom is -0.225 e. The van der Waals surface area contributed by atoms with Gasteiger partial charge in [-0.3, -0.25) is 0 Å². The van der Waals surface area contributed by atoms with Crippen LogP contribution in [-0.4, -0.2) is 30.8 Å². The molecular formula is C12H22N2O2S. The fraction of sp³-hybridized carbons (Fsp3) is 0.667. The largest absolute Gasteiger partial charge is 0.229 e. The maximum atomic E-state index is 11.9. The maximum Gasteiger partial charge on any atom is 0.229 e. The quantitative estimate of drug-likeness (QED) is 0.584. The molecule has 1 N–H and O–H groups in total. The Balaban J connectivity index is 2.39. The average Bonchev–Trinajstić information content (AvgIpc) is 2.90. The summed E-state index contributed by atoms with van der Waals surface area (Å²) in [6, 6.07) is 0.295. The Morgan fingerprint density at radius 1 is 1.53 bits per heavy atom. The van der Waals surface area contributed by atoms with Gasteiger partial charge in [-0.05, 0) is 33.6 Å². The zero-order valence-corrected chi connectivity index (χ0v) is 11.7. The summed E-state index contributed by atoms with van der Waals surface area (Å²) in [6.07, 6.45) is 3.52. The molecule has 4 nitrogen and oxygen atoms in total. The van der Waals surface area contributed by atoms with Crippen LogP contribution in [0.15, 0.2) is 24.8 Å². The molecule has 0 amide bonds. The van der Waals surface area contributed by atoms with E-state index in [1.54, 1.807) is 31.9 Å². The van der Waals surface area contributed by atoms with Gasteiger partial charge in [0, 0.05) is 12.6 Å². The van der Waals surface area contributed by atoms with Crippen LogP contribution in [0.3, 0.4) is 0 Å². The summed E-state index contributed by atoms with van der Waals surface area (Å²) in [5.41, 5.74) is 0.996. The monoisotopic (exact) mass is 258 g/mol. The highest BCUT2D eigenvalue weighted by atomic mass is 32.2. The predicted molar refractivity (Wildman–Crippen MR) is 70.9 cm³/mol. The first-order valence-corrected chi connectivity index (χ1v) is 7.24. The van der Waals surface area contributed by atoms with E-state index in [1.165, 1.54) is 0 Å². The highest BCUT2D eigenvalue weighted by Gasteiger charge is 2.40. The SMILES string of the molecule is C=CC(=C)CCC1CN1NS(=O)(=O)C(C)(C)C. The normalized spacial score (nSPS) is 24.4. The van der Waals surface area contributed by atoms with Crippen LogP contribution in [0.1, 0.15) is 33.6 Å². The molecule has 0 aromatic carbocycles. The van der Waals surface area contributed by atoms with E-state index in [0.29, 0.717) is 6.04 Å². The molecule has 0 aliphatic carbocycles. The van der Waals surface area contributed by atoms with Gasteiger partial charge in [-0.15, -0.1) is 4.83 Å². The molecule has 5 heteroatoms. The van der Waals surface area contributed by atoms with E-state index >= 15 is 0 Å². The number of hydrogen-bond acceptors (Lipinski definition) is 3. The fourth-order valence-electron chi connectivity index (χ4n) is 1.28. The van der Waals surface area contributed by atoms with E-state index in [9.17, 15) is 8.42 Å². The lowest BCUT2D eigenvalue weighted by Crippen LogP contribution is -2.42. The van der Waals surface area contributed by atoms with Crippen molar-refractivity contribution in [1.29, 1.82) is 0 Å². The van der Waals surface area contributed by atoms with Crippen molar-refractivity contribution in [2.75, 3.05) is 6.54 Å². The minimum atomic E-state index is -3.28. The highest BCUT2D eigenvalue weighted by Crippen LogP contribution is 2.24. The molecule has 2 unspecified atom stereocenters. The summed E-state index contributed by atoms with van der Waals surface area (Å²) in [4.78, 5) is 2.61. The number of rotatable bonds is 6. The molecule has 1 saturated heterocycles. The third-order valence-corrected chi connectivity index (χ3v) is 4.93. The number of nitrogens with one attached hydrogen (secondary N) is 1. The van der Waals surface area contributed by atoms with Crippen LogP contribution in [0.25, 0.3) is 0 Å². The standard InChI is InChI=1S/C12H22N2O2S/c1-6-10(2)7-8-11-9-14(11)13-17(15,16)12(3,4)5/h6,11,13H,1-2,7-9H2,3-5H3. The number of sulfonamides is 1. The molecule has 17 heavy (non-hydrogen) atoms. The molecule has 0 aromatic heterocycles. The van der Waals surface area contributed by atoms with Crippen molar-refractivity contribution >= 4 is 10.0 Å². The van der Waals surface area contributed by atoms with E-state index in [4.69, 9.17) is 0 Å². The van der Waals surface area contributed by atoms with Crippen LogP contribution in [0.5, 0.6) is 0 Å². The lowest BCUT2D eigenvalue weighted by molar-refractivity contribution is 0.427. The van der Waals surface area contributed by atoms with Crippen LogP contribution in [-0.2, 0) is 10.0 Å². The van der Waals surface area contributed by atoms with Crippen LogP contribution >= 0.6 is 0 Å². The second-order valence-electron chi connectivity index (χ2n) is 5.41. The Labute approximate surface area is 104 Å². The first-order valence-electron chi connectivity index (χ1n) is 5.76. The molecule has 1 rings (SSSR count). The molecule has 0 saturated carbocycles. The maximum absolute atomic E-state index is 11.9. The number of hydrazine groups is 1. The van der Waals surface area contributed by atoms with Crippen molar-refractivity contribution in [2.45, 2.75) is 44.4 Å². The summed E-state index contributed by atoms with van der Waals surface area (Å²) < 4.78 is 22.9. The summed E-state index contributed by atoms with van der Waals surface area (Å²) >= 11 is 0. The molecule has 0 aromatic rings. The van der Waals surface area contributed by atoms with Gasteiger partial charge in [0.15, 0.2) is 0 Å². The Bertz CT molecular complexity index is 407. The van der Waals surface area contributed by atoms with Crippen molar-refractivity contribution in [2.24, 2.45) is 0 Å². The Kier molecular flexibility index (Phi) is 4.17. The van der Waals surface area contributed by atoms with Crippen molar-refractivity contribution in [3.05, 3.63) is 24.8 Å². The molecule has 1 aliphatic rings.